The number of nitrogens with zero attached hydrogens (tertiary/aromatic N) is 1. The first-order valence-electron chi connectivity index (χ1n) is 4.72. The Kier molecular flexibility index (Phi) is 4.63. The summed E-state index contributed by atoms with van der Waals surface area (Å²) in [6.07, 6.45) is -1.30. The first kappa shape index (κ1) is 12.5. The number of hydrogen-bond acceptors (Lipinski definition) is 2. The molecule has 0 atom stereocenters. The molecule has 3 nitrogen and oxygen atoms in total. The van der Waals surface area contributed by atoms with Crippen molar-refractivity contribution in [1.29, 1.82) is 0 Å². The van der Waals surface area contributed by atoms with Gasteiger partial charge in [0.15, 0.2) is 0 Å². The Morgan fingerprint density at radius 2 is 2.00 bits per heavy atom. The monoisotopic (exact) mass is 283 g/mol. The van der Waals surface area contributed by atoms with E-state index in [-0.39, 0.29) is 30.1 Å². The van der Waals surface area contributed by atoms with Crippen LogP contribution in [-0.4, -0.2) is 40.9 Å². The van der Waals surface area contributed by atoms with Gasteiger partial charge in [-0.2, -0.15) is 8.78 Å². The van der Waals surface area contributed by atoms with E-state index in [9.17, 15) is 18.4 Å². The van der Waals surface area contributed by atoms with Crippen LogP contribution < -0.4 is 0 Å². The summed E-state index contributed by atoms with van der Waals surface area (Å²) in [6, 6.07) is -0.0744. The third-order valence-electron chi connectivity index (χ3n) is 2.24. The summed E-state index contributed by atoms with van der Waals surface area (Å²) < 4.78 is 24.4. The number of hydrogen-bond donors (Lipinski definition) is 0. The van der Waals surface area contributed by atoms with Crippen molar-refractivity contribution in [2.45, 2.75) is 31.7 Å². The van der Waals surface area contributed by atoms with Crippen LogP contribution in [0.2, 0.25) is 0 Å². The second-order valence-electron chi connectivity index (χ2n) is 3.49. The molecule has 0 heterocycles. The zero-order valence-corrected chi connectivity index (χ0v) is 9.67. The van der Waals surface area contributed by atoms with Gasteiger partial charge in [-0.3, -0.25) is 9.59 Å². The number of carbonyl (C=O) groups excluding carboxylic acids is 2. The molecule has 0 aromatic carbocycles. The van der Waals surface area contributed by atoms with Crippen molar-refractivity contribution < 1.29 is 18.4 Å². The smallest absolute Gasteiger partial charge is 0.315 e. The normalized spacial score (nSPS) is 15.5. The van der Waals surface area contributed by atoms with E-state index in [1.165, 1.54) is 0 Å². The van der Waals surface area contributed by atoms with Crippen molar-refractivity contribution >= 4 is 27.6 Å². The predicted molar refractivity (Wildman–Crippen MR) is 54.2 cm³/mol. The molecule has 1 rings (SSSR count). The van der Waals surface area contributed by atoms with Crippen LogP contribution in [0.1, 0.15) is 19.3 Å². The Hall–Kier alpha value is -0.520. The standard InChI is InChI=1S/C9H12BrF2NO2/c10-5-7(14)3-4-13(6-1-2-6)9(15)8(11)12/h6,8H,1-5H2. The highest BCUT2D eigenvalue weighted by Crippen LogP contribution is 2.28. The van der Waals surface area contributed by atoms with Gasteiger partial charge in [-0.15, -0.1) is 0 Å². The van der Waals surface area contributed by atoms with Gasteiger partial charge in [-0.05, 0) is 12.8 Å². The van der Waals surface area contributed by atoms with Crippen LogP contribution >= 0.6 is 15.9 Å². The molecule has 0 N–H and O–H groups in total. The van der Waals surface area contributed by atoms with Gasteiger partial charge in [0.25, 0.3) is 5.91 Å². The quantitative estimate of drug-likeness (QED) is 0.695. The van der Waals surface area contributed by atoms with Crippen LogP contribution in [0.25, 0.3) is 0 Å². The van der Waals surface area contributed by atoms with Crippen LogP contribution in [0.5, 0.6) is 0 Å². The minimum Gasteiger partial charge on any atom is -0.334 e. The van der Waals surface area contributed by atoms with E-state index in [2.05, 4.69) is 15.9 Å². The van der Waals surface area contributed by atoms with Gasteiger partial charge < -0.3 is 4.90 Å². The lowest BCUT2D eigenvalue weighted by Crippen LogP contribution is -2.38. The molecule has 1 amide bonds. The number of Topliss-reactive ketones (excluding diaryl/α,β-unsaturated/α-hetero) is 1. The number of ketones is 1. The highest BCUT2D eigenvalue weighted by molar-refractivity contribution is 9.09. The minimum atomic E-state index is -2.97. The van der Waals surface area contributed by atoms with Gasteiger partial charge in [-0.25, -0.2) is 0 Å². The highest BCUT2D eigenvalue weighted by atomic mass is 79.9. The van der Waals surface area contributed by atoms with Crippen molar-refractivity contribution in [2.75, 3.05) is 11.9 Å². The topological polar surface area (TPSA) is 37.4 Å². The molecule has 1 aliphatic carbocycles. The molecule has 0 saturated heterocycles. The van der Waals surface area contributed by atoms with Crippen molar-refractivity contribution in [3.63, 3.8) is 0 Å². The maximum absolute atomic E-state index is 12.2. The maximum atomic E-state index is 12.2. The van der Waals surface area contributed by atoms with Crippen molar-refractivity contribution in [3.8, 4) is 0 Å². The molecular weight excluding hydrogens is 272 g/mol. The second-order valence-corrected chi connectivity index (χ2v) is 4.05. The number of carbonyl (C=O) groups is 2. The lowest BCUT2D eigenvalue weighted by Gasteiger charge is -2.21. The zero-order valence-electron chi connectivity index (χ0n) is 8.09. The van der Waals surface area contributed by atoms with Crippen molar-refractivity contribution in [1.82, 2.24) is 4.90 Å². The average Bonchev–Trinajstić information content (AvgIpc) is 3.01. The molecule has 0 unspecified atom stereocenters. The fourth-order valence-corrected chi connectivity index (χ4v) is 1.58. The first-order chi connectivity index (χ1) is 7.06. The van der Waals surface area contributed by atoms with Gasteiger partial charge in [0.2, 0.25) is 0 Å². The summed E-state index contributed by atoms with van der Waals surface area (Å²) in [5, 5.41) is 0.203. The van der Waals surface area contributed by atoms with Gasteiger partial charge >= 0.3 is 6.43 Å². The van der Waals surface area contributed by atoms with E-state index in [0.29, 0.717) is 0 Å². The van der Waals surface area contributed by atoms with Gasteiger partial charge in [-0.1, -0.05) is 15.9 Å². The fraction of sp³-hybridized carbons (Fsp3) is 0.778. The summed E-state index contributed by atoms with van der Waals surface area (Å²) in [6.45, 7) is 0.109. The number of rotatable bonds is 6. The van der Waals surface area contributed by atoms with E-state index in [0.717, 1.165) is 17.7 Å². The molecule has 0 aliphatic heterocycles. The van der Waals surface area contributed by atoms with E-state index in [1.807, 2.05) is 0 Å². The first-order valence-corrected chi connectivity index (χ1v) is 5.84. The molecule has 0 spiro atoms. The number of amides is 1. The molecule has 1 saturated carbocycles. The molecule has 86 valence electrons. The Balaban J connectivity index is 2.44. The lowest BCUT2D eigenvalue weighted by atomic mass is 10.3. The molecule has 0 aromatic rings. The Bertz CT molecular complexity index is 256. The van der Waals surface area contributed by atoms with E-state index < -0.39 is 12.3 Å². The van der Waals surface area contributed by atoms with Crippen LogP contribution in [-0.2, 0) is 9.59 Å². The summed E-state index contributed by atoms with van der Waals surface area (Å²) in [5.41, 5.74) is 0. The highest BCUT2D eigenvalue weighted by Gasteiger charge is 2.35. The van der Waals surface area contributed by atoms with Gasteiger partial charge in [0.1, 0.15) is 5.78 Å². The van der Waals surface area contributed by atoms with Crippen LogP contribution in [0.4, 0.5) is 8.78 Å². The van der Waals surface area contributed by atoms with E-state index >= 15 is 0 Å². The Labute approximate surface area is 94.9 Å². The summed E-state index contributed by atoms with van der Waals surface area (Å²) in [4.78, 5) is 23.2. The molecule has 6 heteroatoms. The summed E-state index contributed by atoms with van der Waals surface area (Å²) in [7, 11) is 0. The second kappa shape index (κ2) is 5.53. The van der Waals surface area contributed by atoms with Crippen LogP contribution in [0.15, 0.2) is 0 Å². The molecule has 0 aromatic heterocycles. The Morgan fingerprint density at radius 3 is 2.40 bits per heavy atom. The third kappa shape index (κ3) is 3.85. The predicted octanol–water partition coefficient (Wildman–Crippen LogP) is 1.60. The number of alkyl halides is 3. The van der Waals surface area contributed by atoms with Gasteiger partial charge in [0, 0.05) is 19.0 Å². The average molecular weight is 284 g/mol. The minimum absolute atomic E-state index is 0.0744. The SMILES string of the molecule is O=C(CBr)CCN(C(=O)C(F)F)C1CC1. The van der Waals surface area contributed by atoms with E-state index in [1.54, 1.807) is 0 Å². The zero-order chi connectivity index (χ0) is 11.4. The van der Waals surface area contributed by atoms with Crippen molar-refractivity contribution in [3.05, 3.63) is 0 Å². The number of halogens is 3. The summed E-state index contributed by atoms with van der Waals surface area (Å²) in [5.74, 6) is -1.23. The molecule has 0 bridgehead atoms. The van der Waals surface area contributed by atoms with E-state index in [4.69, 9.17) is 0 Å². The third-order valence-corrected chi connectivity index (χ3v) is 2.86. The molecule has 1 fully saturated rings. The molecule has 1 aliphatic rings. The Morgan fingerprint density at radius 1 is 1.40 bits per heavy atom. The largest absolute Gasteiger partial charge is 0.334 e. The molecular formula is C9H12BrF2NO2. The van der Waals surface area contributed by atoms with Crippen LogP contribution in [0, 0.1) is 0 Å². The fourth-order valence-electron chi connectivity index (χ4n) is 1.30. The van der Waals surface area contributed by atoms with Crippen LogP contribution in [0.3, 0.4) is 0 Å². The molecule has 15 heavy (non-hydrogen) atoms. The summed E-state index contributed by atoms with van der Waals surface area (Å²) >= 11 is 2.98. The molecule has 0 radical (unpaired) electrons. The lowest BCUT2D eigenvalue weighted by molar-refractivity contribution is -0.143. The van der Waals surface area contributed by atoms with Crippen molar-refractivity contribution in [2.24, 2.45) is 0 Å². The maximum Gasteiger partial charge on any atom is 0.315 e. The van der Waals surface area contributed by atoms with Gasteiger partial charge in [0.05, 0.1) is 5.33 Å².